The van der Waals surface area contributed by atoms with Gasteiger partial charge in [0.1, 0.15) is 0 Å². The minimum absolute atomic E-state index is 2.91. The fourth-order valence-corrected chi connectivity index (χ4v) is 0. The molecule has 0 radical (unpaired) electrons. The van der Waals surface area contributed by atoms with Crippen molar-refractivity contribution >= 4 is 19.6 Å². The maximum absolute atomic E-state index is 9.40. The summed E-state index contributed by atoms with van der Waals surface area (Å²) in [7, 11) is -7.51. The Balaban J connectivity index is 4.10. The molecule has 0 fully saturated rings. The van der Waals surface area contributed by atoms with Gasteiger partial charge in [-0.2, -0.15) is 0 Å². The topological polar surface area (TPSA) is 94.8 Å². The first-order chi connectivity index (χ1) is 2.94. The largest absolute Gasteiger partial charge is 0.517 e. The van der Waals surface area contributed by atoms with Gasteiger partial charge in [-0.1, -0.05) is 0 Å². The monoisotopic (exact) mass is 147 g/mol. The highest BCUT2D eigenvalue weighted by molar-refractivity contribution is 8.62. The van der Waals surface area contributed by atoms with Gasteiger partial charge in [-0.15, -0.1) is 17.5 Å². The van der Waals surface area contributed by atoms with Gasteiger partial charge in [-0.3, -0.25) is 0 Å². The normalized spacial score (nSPS) is 12.6. The van der Waals surface area contributed by atoms with Crippen LogP contribution < -0.4 is 0 Å². The lowest BCUT2D eigenvalue weighted by Gasteiger charge is -1.76. The van der Waals surface area contributed by atoms with Crippen LogP contribution in [0.3, 0.4) is 0 Å². The molecular weight excluding hydrogens is 144 g/mol. The van der Waals surface area contributed by atoms with E-state index in [-0.39, 0.29) is 0 Å². The molecule has 0 spiro atoms. The Morgan fingerprint density at radius 1 is 1.29 bits per heavy atom. The molecule has 0 saturated heterocycles. The predicted molar refractivity (Wildman–Crippen MR) is 24.2 cm³/mol. The Kier molecular flexibility index (Phi) is 2.02. The minimum Gasteiger partial charge on any atom is -0.241 e. The smallest absolute Gasteiger partial charge is 0.241 e. The van der Waals surface area contributed by atoms with Crippen molar-refractivity contribution < 1.29 is 22.1 Å². The Labute approximate surface area is 42.5 Å². The molecule has 0 bridgehead atoms. The zero-order valence-electron chi connectivity index (χ0n) is 2.97. The van der Waals surface area contributed by atoms with E-state index in [1.54, 1.807) is 0 Å². The zero-order chi connectivity index (χ0) is 6.08. The van der Waals surface area contributed by atoms with E-state index in [1.165, 1.54) is 0 Å². The molecule has 7 heavy (non-hydrogen) atoms. The first-order valence-corrected chi connectivity index (χ1v) is 4.14. The Morgan fingerprint density at radius 3 is 1.43 bits per heavy atom. The lowest BCUT2D eigenvalue weighted by atomic mass is 15.9. The average Bonchev–Trinajstić information content (AvgIpc) is 1.31. The Morgan fingerprint density at radius 2 is 1.43 bits per heavy atom. The number of hydrogen-bond acceptors (Lipinski definition) is 4. The minimum atomic E-state index is -4.60. The summed E-state index contributed by atoms with van der Waals surface area (Å²) in [6.07, 6.45) is 0. The highest BCUT2D eigenvalue weighted by Crippen LogP contribution is 1.91. The second-order valence-electron chi connectivity index (χ2n) is 0.658. The quantitative estimate of drug-likeness (QED) is 0.260. The van der Waals surface area contributed by atoms with E-state index in [0.717, 1.165) is 0 Å². The molecule has 0 saturated carbocycles. The van der Waals surface area contributed by atoms with Crippen LogP contribution >= 0.6 is 0 Å². The van der Waals surface area contributed by atoms with E-state index < -0.39 is 19.6 Å². The van der Waals surface area contributed by atoms with E-state index in [9.17, 15) is 8.42 Å². The molecule has 44 valence electrons. The summed E-state index contributed by atoms with van der Waals surface area (Å²) in [4.78, 5) is 0. The second-order valence-corrected chi connectivity index (χ2v) is 4.13. The van der Waals surface area contributed by atoms with Crippen molar-refractivity contribution in [3.05, 3.63) is 0 Å². The van der Waals surface area contributed by atoms with Crippen LogP contribution in [0.1, 0.15) is 0 Å². The summed E-state index contributed by atoms with van der Waals surface area (Å²) in [6, 6.07) is 0. The summed E-state index contributed by atoms with van der Waals surface area (Å²) in [6.45, 7) is 0. The molecule has 7 heteroatoms. The van der Waals surface area contributed by atoms with E-state index in [4.69, 9.17) is 13.7 Å². The van der Waals surface area contributed by atoms with Gasteiger partial charge in [0, 0.05) is 0 Å². The predicted octanol–water partition coefficient (Wildman–Crippen LogP) is -0.646. The average molecular weight is 147 g/mol. The second kappa shape index (κ2) is 1.97. The number of hydrogen-bond donors (Lipinski definition) is 3. The molecular formula is H3O5S2+. The lowest BCUT2D eigenvalue weighted by Crippen LogP contribution is -2.11. The molecule has 0 aliphatic carbocycles. The molecule has 0 aromatic rings. The highest BCUT2D eigenvalue weighted by atomic mass is 33.2. The molecule has 0 unspecified atom stereocenters. The van der Waals surface area contributed by atoms with E-state index in [2.05, 4.69) is 0 Å². The first-order valence-electron chi connectivity index (χ1n) is 1.05. The van der Waals surface area contributed by atoms with Crippen LogP contribution in [0, 0.1) is 0 Å². The van der Waals surface area contributed by atoms with Gasteiger partial charge >= 0.3 is 19.6 Å². The fourth-order valence-electron chi connectivity index (χ4n) is 0. The van der Waals surface area contributed by atoms with Gasteiger partial charge in [-0.05, 0) is 0 Å². The molecule has 0 aromatic carbocycles. The standard InChI is InChI=1S/H2O5S2/c1-6(2)7(3,4)5/h1-2H/p+1. The van der Waals surface area contributed by atoms with Gasteiger partial charge in [0.15, 0.2) is 0 Å². The summed E-state index contributed by atoms with van der Waals surface area (Å²) in [5.41, 5.74) is 0. The van der Waals surface area contributed by atoms with Gasteiger partial charge in [0.2, 0.25) is 0 Å². The van der Waals surface area contributed by atoms with Crippen LogP contribution in [0.25, 0.3) is 0 Å². The van der Waals surface area contributed by atoms with Gasteiger partial charge < -0.3 is 0 Å². The van der Waals surface area contributed by atoms with Crippen molar-refractivity contribution in [3.63, 3.8) is 0 Å². The van der Waals surface area contributed by atoms with Gasteiger partial charge in [-0.25, -0.2) is 4.55 Å². The van der Waals surface area contributed by atoms with Crippen LogP contribution in [0.5, 0.6) is 0 Å². The molecule has 0 aliphatic heterocycles. The van der Waals surface area contributed by atoms with E-state index in [0.29, 0.717) is 0 Å². The lowest BCUT2D eigenvalue weighted by molar-refractivity contribution is 0.470. The summed E-state index contributed by atoms with van der Waals surface area (Å²) >= 11 is 0. The third-order valence-corrected chi connectivity index (χ3v) is 1.70. The molecule has 0 amide bonds. The summed E-state index contributed by atoms with van der Waals surface area (Å²) in [5, 5.41) is 0. The fraction of sp³-hybridized carbons (Fsp3) is 0. The summed E-state index contributed by atoms with van der Waals surface area (Å²) < 4.78 is 41.6. The zero-order valence-corrected chi connectivity index (χ0v) is 4.61. The van der Waals surface area contributed by atoms with Crippen molar-refractivity contribution in [1.29, 1.82) is 0 Å². The highest BCUT2D eigenvalue weighted by Gasteiger charge is 2.31. The first kappa shape index (κ1) is 7.18. The third-order valence-electron chi connectivity index (χ3n) is 0.188. The molecule has 5 nitrogen and oxygen atoms in total. The van der Waals surface area contributed by atoms with Crippen LogP contribution in [0.15, 0.2) is 0 Å². The SMILES string of the molecule is O=S(=O)(O)[S+](O)O. The molecule has 0 heterocycles. The van der Waals surface area contributed by atoms with Crippen LogP contribution in [-0.4, -0.2) is 22.1 Å². The van der Waals surface area contributed by atoms with Crippen LogP contribution in [-0.2, 0) is 19.6 Å². The van der Waals surface area contributed by atoms with Crippen LogP contribution in [0.2, 0.25) is 0 Å². The molecule has 3 N–H and O–H groups in total. The Bertz CT molecular complexity index is 128. The number of rotatable bonds is 1. The van der Waals surface area contributed by atoms with Gasteiger partial charge in [0.05, 0.1) is 0 Å². The van der Waals surface area contributed by atoms with Crippen molar-refractivity contribution in [3.8, 4) is 0 Å². The molecule has 0 aliphatic rings. The summed E-state index contributed by atoms with van der Waals surface area (Å²) in [5.74, 6) is 0. The van der Waals surface area contributed by atoms with E-state index >= 15 is 0 Å². The van der Waals surface area contributed by atoms with Crippen molar-refractivity contribution in [2.75, 3.05) is 0 Å². The molecule has 0 rings (SSSR count). The maximum Gasteiger partial charge on any atom is 0.517 e. The van der Waals surface area contributed by atoms with E-state index in [1.807, 2.05) is 0 Å². The molecule has 0 aromatic heterocycles. The Hall–Kier alpha value is 0.180. The molecule has 0 atom stereocenters. The van der Waals surface area contributed by atoms with Crippen molar-refractivity contribution in [2.45, 2.75) is 0 Å². The van der Waals surface area contributed by atoms with Crippen LogP contribution in [0.4, 0.5) is 0 Å². The van der Waals surface area contributed by atoms with Crippen molar-refractivity contribution in [1.82, 2.24) is 0 Å². The van der Waals surface area contributed by atoms with Crippen molar-refractivity contribution in [2.24, 2.45) is 0 Å². The maximum atomic E-state index is 9.40. The third kappa shape index (κ3) is 2.83. The van der Waals surface area contributed by atoms with Gasteiger partial charge in [0.25, 0.3) is 0 Å².